The molecule has 25 heavy (non-hydrogen) atoms. The highest BCUT2D eigenvalue weighted by Gasteiger charge is 2.43. The van der Waals surface area contributed by atoms with Gasteiger partial charge in [-0.1, -0.05) is 44.2 Å². The quantitative estimate of drug-likeness (QED) is 0.863. The van der Waals surface area contributed by atoms with Crippen molar-refractivity contribution in [3.8, 4) is 0 Å². The summed E-state index contributed by atoms with van der Waals surface area (Å²) in [6, 6.07) is 9.33. The van der Waals surface area contributed by atoms with E-state index >= 15 is 0 Å². The molecule has 1 fully saturated rings. The van der Waals surface area contributed by atoms with E-state index in [2.05, 4.69) is 5.32 Å². The molecule has 0 radical (unpaired) electrons. The van der Waals surface area contributed by atoms with Crippen LogP contribution in [-0.4, -0.2) is 34.2 Å². The molecule has 0 spiro atoms. The maximum atomic E-state index is 12.3. The molecule has 1 aromatic carbocycles. The zero-order chi connectivity index (χ0) is 18.6. The minimum Gasteiger partial charge on any atom is -0.444 e. The van der Waals surface area contributed by atoms with Crippen molar-refractivity contribution >= 4 is 17.5 Å². The minimum atomic E-state index is -1.81. The first-order valence-electron chi connectivity index (χ1n) is 8.45. The van der Waals surface area contributed by atoms with Gasteiger partial charge >= 0.3 is 17.5 Å². The van der Waals surface area contributed by atoms with Crippen molar-refractivity contribution in [2.45, 2.75) is 64.9 Å². The van der Waals surface area contributed by atoms with Gasteiger partial charge in [0.25, 0.3) is 0 Å². The summed E-state index contributed by atoms with van der Waals surface area (Å²) in [6.45, 7) is 9.35. The van der Waals surface area contributed by atoms with Gasteiger partial charge in [0.2, 0.25) is 0 Å². The lowest BCUT2D eigenvalue weighted by molar-refractivity contribution is 0.0384. The molecule has 1 N–H and O–H groups in total. The lowest BCUT2D eigenvalue weighted by atomic mass is 9.92. The minimum absolute atomic E-state index is 0.0927. The van der Waals surface area contributed by atoms with E-state index in [1.54, 1.807) is 20.8 Å². The van der Waals surface area contributed by atoms with Gasteiger partial charge in [-0.05, 0) is 38.7 Å². The number of carbonyl (C=O) groups is 1. The number of rotatable bonds is 5. The number of hydrogen-bond acceptors (Lipinski definition) is 5. The third kappa shape index (κ3) is 6.09. The molecule has 1 amide bonds. The third-order valence-corrected chi connectivity index (χ3v) is 4.52. The molecule has 1 saturated heterocycles. The third-order valence-electron chi connectivity index (χ3n) is 3.76. The maximum absolute atomic E-state index is 12.3. The predicted molar refractivity (Wildman–Crippen MR) is 96.0 cm³/mol. The van der Waals surface area contributed by atoms with E-state index in [0.717, 1.165) is 5.56 Å². The van der Waals surface area contributed by atoms with Crippen molar-refractivity contribution in [3.63, 3.8) is 0 Å². The molecular weight excluding hydrogens is 342 g/mol. The van der Waals surface area contributed by atoms with Crippen LogP contribution in [0.2, 0.25) is 0 Å². The van der Waals surface area contributed by atoms with Gasteiger partial charge in [0.15, 0.2) is 0 Å². The Morgan fingerprint density at radius 3 is 2.36 bits per heavy atom. The molecule has 0 bridgehead atoms. The second kappa shape index (κ2) is 8.29. The smallest absolute Gasteiger partial charge is 0.407 e. The Bertz CT molecular complexity index is 599. The van der Waals surface area contributed by atoms with Crippen molar-refractivity contribution in [2.75, 3.05) is 0 Å². The molecule has 0 aromatic heterocycles. The van der Waals surface area contributed by atoms with Crippen molar-refractivity contribution in [1.82, 2.24) is 5.32 Å². The molecule has 140 valence electrons. The summed E-state index contributed by atoms with van der Waals surface area (Å²) in [4.78, 5) is 12.3. The number of benzene rings is 1. The van der Waals surface area contributed by atoms with Crippen LogP contribution in [0.3, 0.4) is 0 Å². The zero-order valence-electron chi connectivity index (χ0n) is 15.4. The van der Waals surface area contributed by atoms with Gasteiger partial charge in [0, 0.05) is 0 Å². The zero-order valence-corrected chi connectivity index (χ0v) is 16.2. The second-order valence-corrected chi connectivity index (χ2v) is 8.31. The second-order valence-electron chi connectivity index (χ2n) is 7.51. The summed E-state index contributed by atoms with van der Waals surface area (Å²) in [5.41, 5.74) is 0.432. The summed E-state index contributed by atoms with van der Waals surface area (Å²) >= 11 is -1.81. The fraction of sp³-hybridized carbons (Fsp3) is 0.611. The van der Waals surface area contributed by atoms with Crippen molar-refractivity contribution in [3.05, 3.63) is 35.9 Å². The van der Waals surface area contributed by atoms with Crippen LogP contribution in [-0.2, 0) is 30.9 Å². The molecule has 1 aliphatic rings. The Morgan fingerprint density at radius 2 is 1.80 bits per heavy atom. The van der Waals surface area contributed by atoms with Crippen LogP contribution in [0.25, 0.3) is 0 Å². The van der Waals surface area contributed by atoms with Crippen molar-refractivity contribution in [2.24, 2.45) is 5.92 Å². The highest BCUT2D eigenvalue weighted by molar-refractivity contribution is 7.75. The fourth-order valence-corrected chi connectivity index (χ4v) is 3.66. The molecule has 7 heteroatoms. The average Bonchev–Trinajstić information content (AvgIpc) is 2.88. The van der Waals surface area contributed by atoms with Gasteiger partial charge in [0.1, 0.15) is 17.8 Å². The molecule has 0 aliphatic carbocycles. The van der Waals surface area contributed by atoms with E-state index in [0.29, 0.717) is 6.42 Å². The molecular formula is C18H27NO5S. The van der Waals surface area contributed by atoms with E-state index in [1.165, 1.54) is 0 Å². The highest BCUT2D eigenvalue weighted by Crippen LogP contribution is 2.28. The van der Waals surface area contributed by atoms with Crippen LogP contribution in [0.15, 0.2) is 30.3 Å². The molecule has 2 rings (SSSR count). The summed E-state index contributed by atoms with van der Waals surface area (Å²) in [5.74, 6) is 0.0927. The number of amides is 1. The normalized spacial score (nSPS) is 25.0. The van der Waals surface area contributed by atoms with Crippen molar-refractivity contribution in [1.29, 1.82) is 0 Å². The lowest BCUT2D eigenvalue weighted by Crippen LogP contribution is -2.51. The molecule has 6 nitrogen and oxygen atoms in total. The van der Waals surface area contributed by atoms with Crippen LogP contribution in [0.4, 0.5) is 4.79 Å². The Hall–Kier alpha value is -1.44. The van der Waals surface area contributed by atoms with E-state index in [4.69, 9.17) is 13.1 Å². The fourth-order valence-electron chi connectivity index (χ4n) is 2.68. The molecule has 1 unspecified atom stereocenters. The van der Waals surface area contributed by atoms with Gasteiger partial charge < -0.3 is 10.1 Å². The van der Waals surface area contributed by atoms with Crippen LogP contribution >= 0.6 is 0 Å². The number of hydrogen-bond donors (Lipinski definition) is 1. The van der Waals surface area contributed by atoms with Crippen LogP contribution in [0.5, 0.6) is 0 Å². The van der Waals surface area contributed by atoms with E-state index in [-0.39, 0.29) is 12.0 Å². The summed E-state index contributed by atoms with van der Waals surface area (Å²) < 4.78 is 28.0. The highest BCUT2D eigenvalue weighted by atomic mass is 32.2. The van der Waals surface area contributed by atoms with Gasteiger partial charge in [-0.3, -0.25) is 8.37 Å². The number of alkyl carbamates (subject to hydrolysis) is 1. The first-order chi connectivity index (χ1) is 11.7. The van der Waals surface area contributed by atoms with Crippen LogP contribution in [0, 0.1) is 5.92 Å². The van der Waals surface area contributed by atoms with Crippen LogP contribution in [0.1, 0.15) is 40.2 Å². The summed E-state index contributed by atoms with van der Waals surface area (Å²) in [5, 5.41) is 2.87. The van der Waals surface area contributed by atoms with Gasteiger partial charge in [-0.2, -0.15) is 4.21 Å². The first kappa shape index (κ1) is 19.9. The number of ether oxygens (including phenoxy) is 1. The van der Waals surface area contributed by atoms with Gasteiger partial charge in [0.05, 0.1) is 6.04 Å². The topological polar surface area (TPSA) is 73.9 Å². The average molecular weight is 369 g/mol. The molecule has 1 heterocycles. The molecule has 4 atom stereocenters. The lowest BCUT2D eigenvalue weighted by Gasteiger charge is -2.29. The molecule has 0 saturated carbocycles. The van der Waals surface area contributed by atoms with E-state index < -0.39 is 35.2 Å². The standard InChI is InChI=1S/C18H27NO5S/c1-12(2)15-16(24-25(21)23-15)14(11-13-9-7-6-8-10-13)19-17(20)22-18(3,4)5/h6-10,12,14-16H,11H2,1-5H3,(H,19,20)/t14-,15+,16+,25?/m0/s1. The predicted octanol–water partition coefficient (Wildman–Crippen LogP) is 3.14. The molecule has 1 aromatic rings. The largest absolute Gasteiger partial charge is 0.444 e. The first-order valence-corrected chi connectivity index (χ1v) is 9.45. The van der Waals surface area contributed by atoms with E-state index in [1.807, 2.05) is 44.2 Å². The Morgan fingerprint density at radius 1 is 1.20 bits per heavy atom. The summed E-state index contributed by atoms with van der Waals surface area (Å²) in [7, 11) is 0. The van der Waals surface area contributed by atoms with Crippen molar-refractivity contribution < 1.29 is 22.1 Å². The van der Waals surface area contributed by atoms with Crippen LogP contribution < -0.4 is 5.32 Å². The van der Waals surface area contributed by atoms with E-state index in [9.17, 15) is 9.00 Å². The molecule has 1 aliphatic heterocycles. The Balaban J connectivity index is 2.19. The Labute approximate surface area is 152 Å². The number of carbonyl (C=O) groups excluding carboxylic acids is 1. The monoisotopic (exact) mass is 369 g/mol. The Kier molecular flexibility index (Phi) is 6.59. The SMILES string of the molecule is CC(C)[C@H]1OS(=O)O[C@@H]1[C@H](Cc1ccccc1)NC(=O)OC(C)(C)C. The van der Waals surface area contributed by atoms with Gasteiger partial charge in [-0.15, -0.1) is 0 Å². The number of nitrogens with one attached hydrogen (secondary N) is 1. The van der Waals surface area contributed by atoms with Gasteiger partial charge in [-0.25, -0.2) is 4.79 Å². The summed E-state index contributed by atoms with van der Waals surface area (Å²) in [6.07, 6.45) is -0.899. The maximum Gasteiger partial charge on any atom is 0.407 e.